The largest absolute Gasteiger partial charge is 0.350 e. The first kappa shape index (κ1) is 20.8. The lowest BCUT2D eigenvalue weighted by Gasteiger charge is -2.35. The molecule has 2 aliphatic heterocycles. The van der Waals surface area contributed by atoms with E-state index in [2.05, 4.69) is 24.1 Å². The van der Waals surface area contributed by atoms with E-state index in [0.717, 1.165) is 17.4 Å². The molecule has 3 rings (SSSR count). The van der Waals surface area contributed by atoms with Gasteiger partial charge in [0.1, 0.15) is 0 Å². The lowest BCUT2D eigenvalue weighted by Crippen LogP contribution is -2.50. The lowest BCUT2D eigenvalue weighted by atomic mass is 9.95. The summed E-state index contributed by atoms with van der Waals surface area (Å²) in [7, 11) is -3.74. The van der Waals surface area contributed by atoms with Crippen LogP contribution < -0.4 is 9.62 Å². The number of carbonyl (C=O) groups excluding carboxylic acids is 2. The molecule has 2 aliphatic rings. The first-order chi connectivity index (χ1) is 12.9. The Labute approximate surface area is 167 Å². The maximum absolute atomic E-state index is 12.7. The Balaban J connectivity index is 1.76. The van der Waals surface area contributed by atoms with Crippen LogP contribution >= 0.6 is 0 Å². The fourth-order valence-electron chi connectivity index (χ4n) is 3.87. The summed E-state index contributed by atoms with van der Waals surface area (Å²) in [6.07, 6.45) is 2.35. The van der Waals surface area contributed by atoms with Gasteiger partial charge in [-0.05, 0) is 71.8 Å². The average molecular weight is 408 g/mol. The third-order valence-corrected chi connectivity index (χ3v) is 7.59. The molecule has 0 radical (unpaired) electrons. The number of nitrogens with zero attached hydrogens (tertiary/aromatic N) is 2. The topological polar surface area (TPSA) is 86.8 Å². The zero-order chi connectivity index (χ0) is 20.7. The van der Waals surface area contributed by atoms with Crippen molar-refractivity contribution < 1.29 is 18.0 Å². The maximum Gasteiger partial charge on any atom is 0.251 e. The minimum absolute atomic E-state index is 0.151. The molecule has 2 saturated heterocycles. The SMILES string of the molecule is CC1(C)CS(=O)(=O)N(c2cccc(C(=O)NCC(C)(C)N3CCCC3)c2)C1=O. The van der Waals surface area contributed by atoms with Gasteiger partial charge in [-0.3, -0.25) is 14.5 Å². The maximum atomic E-state index is 12.7. The van der Waals surface area contributed by atoms with E-state index in [1.54, 1.807) is 32.0 Å². The highest BCUT2D eigenvalue weighted by Gasteiger charge is 2.50. The second-order valence-electron chi connectivity index (χ2n) is 8.95. The van der Waals surface area contributed by atoms with E-state index in [-0.39, 0.29) is 22.9 Å². The van der Waals surface area contributed by atoms with Crippen LogP contribution in [0.4, 0.5) is 5.69 Å². The second kappa shape index (κ2) is 7.15. The molecule has 0 aliphatic carbocycles. The number of likely N-dealkylation sites (tertiary alicyclic amines) is 1. The number of nitrogens with one attached hydrogen (secondary N) is 1. The van der Waals surface area contributed by atoms with E-state index in [1.165, 1.54) is 18.9 Å². The lowest BCUT2D eigenvalue weighted by molar-refractivity contribution is -0.123. The van der Waals surface area contributed by atoms with Crippen LogP contribution in [0.15, 0.2) is 24.3 Å². The quantitative estimate of drug-likeness (QED) is 0.807. The minimum atomic E-state index is -3.74. The average Bonchev–Trinajstić information content (AvgIpc) is 3.19. The number of carbonyl (C=O) groups is 2. The predicted molar refractivity (Wildman–Crippen MR) is 109 cm³/mol. The van der Waals surface area contributed by atoms with Gasteiger partial charge < -0.3 is 5.32 Å². The van der Waals surface area contributed by atoms with Gasteiger partial charge in [-0.1, -0.05) is 6.07 Å². The smallest absolute Gasteiger partial charge is 0.251 e. The summed E-state index contributed by atoms with van der Waals surface area (Å²) in [6, 6.07) is 6.24. The monoisotopic (exact) mass is 407 g/mol. The molecule has 28 heavy (non-hydrogen) atoms. The van der Waals surface area contributed by atoms with Gasteiger partial charge in [0.25, 0.3) is 5.91 Å². The highest BCUT2D eigenvalue weighted by atomic mass is 32.2. The first-order valence-electron chi connectivity index (χ1n) is 9.65. The van der Waals surface area contributed by atoms with Crippen molar-refractivity contribution in [3.63, 3.8) is 0 Å². The highest BCUT2D eigenvalue weighted by Crippen LogP contribution is 2.35. The van der Waals surface area contributed by atoms with E-state index >= 15 is 0 Å². The Hall–Kier alpha value is -1.93. The van der Waals surface area contributed by atoms with Gasteiger partial charge in [-0.15, -0.1) is 0 Å². The van der Waals surface area contributed by atoms with Crippen molar-refractivity contribution >= 4 is 27.5 Å². The summed E-state index contributed by atoms with van der Waals surface area (Å²) >= 11 is 0. The number of anilines is 1. The highest BCUT2D eigenvalue weighted by molar-refractivity contribution is 7.94. The molecule has 7 nitrogen and oxygen atoms in total. The van der Waals surface area contributed by atoms with Crippen molar-refractivity contribution in [3.8, 4) is 0 Å². The van der Waals surface area contributed by atoms with Crippen molar-refractivity contribution in [2.24, 2.45) is 5.41 Å². The third-order valence-electron chi connectivity index (χ3n) is 5.57. The Morgan fingerprint density at radius 2 is 1.86 bits per heavy atom. The van der Waals surface area contributed by atoms with Gasteiger partial charge in [-0.25, -0.2) is 12.7 Å². The van der Waals surface area contributed by atoms with Crippen molar-refractivity contribution in [3.05, 3.63) is 29.8 Å². The second-order valence-corrected chi connectivity index (χ2v) is 10.8. The fourth-order valence-corrected chi connectivity index (χ4v) is 5.97. The molecule has 154 valence electrons. The number of rotatable bonds is 5. The standard InChI is InChI=1S/C20H29N3O4S/c1-19(2)14-28(26,27)23(18(19)25)16-9-7-8-15(12-16)17(24)21-13-20(3,4)22-10-5-6-11-22/h7-9,12H,5-6,10-11,13-14H2,1-4H3,(H,21,24). The zero-order valence-corrected chi connectivity index (χ0v) is 17.8. The van der Waals surface area contributed by atoms with Crippen LogP contribution in [0.1, 0.15) is 50.9 Å². The van der Waals surface area contributed by atoms with Gasteiger partial charge in [0.05, 0.1) is 16.9 Å². The van der Waals surface area contributed by atoms with Crippen LogP contribution in [-0.2, 0) is 14.8 Å². The summed E-state index contributed by atoms with van der Waals surface area (Å²) < 4.78 is 25.8. The summed E-state index contributed by atoms with van der Waals surface area (Å²) in [5.41, 5.74) is -0.580. The number of hydrogen-bond donors (Lipinski definition) is 1. The molecule has 8 heteroatoms. The summed E-state index contributed by atoms with van der Waals surface area (Å²) in [6.45, 7) is 9.99. The number of hydrogen-bond acceptors (Lipinski definition) is 5. The molecule has 0 aromatic heterocycles. The van der Waals surface area contributed by atoms with E-state index in [4.69, 9.17) is 0 Å². The van der Waals surface area contributed by atoms with E-state index in [0.29, 0.717) is 12.1 Å². The van der Waals surface area contributed by atoms with E-state index in [9.17, 15) is 18.0 Å². The molecule has 1 N–H and O–H groups in total. The Kier molecular flexibility index (Phi) is 5.31. The molecule has 0 spiro atoms. The molecule has 0 bridgehead atoms. The minimum Gasteiger partial charge on any atom is -0.350 e. The van der Waals surface area contributed by atoms with Gasteiger partial charge in [-0.2, -0.15) is 0 Å². The first-order valence-corrected chi connectivity index (χ1v) is 11.3. The van der Waals surface area contributed by atoms with Crippen molar-refractivity contribution in [2.45, 2.75) is 46.1 Å². The van der Waals surface area contributed by atoms with Crippen molar-refractivity contribution in [1.82, 2.24) is 10.2 Å². The Morgan fingerprint density at radius 1 is 1.21 bits per heavy atom. The predicted octanol–water partition coefficient (Wildman–Crippen LogP) is 1.99. The van der Waals surface area contributed by atoms with E-state index < -0.39 is 21.3 Å². The van der Waals surface area contributed by atoms with Gasteiger partial charge in [0.2, 0.25) is 15.9 Å². The molecule has 0 unspecified atom stereocenters. The molecule has 2 heterocycles. The van der Waals surface area contributed by atoms with Crippen LogP contribution in [0.2, 0.25) is 0 Å². The molecule has 0 atom stereocenters. The molecular weight excluding hydrogens is 378 g/mol. The fraction of sp³-hybridized carbons (Fsp3) is 0.600. The summed E-state index contributed by atoms with van der Waals surface area (Å²) in [4.78, 5) is 27.6. The van der Waals surface area contributed by atoms with Gasteiger partial charge >= 0.3 is 0 Å². The molecule has 0 saturated carbocycles. The molecular formula is C20H29N3O4S. The van der Waals surface area contributed by atoms with Gasteiger partial charge in [0, 0.05) is 17.6 Å². The van der Waals surface area contributed by atoms with Crippen LogP contribution in [0, 0.1) is 5.41 Å². The normalized spacial score (nSPS) is 21.9. The molecule has 1 aromatic carbocycles. The molecule has 2 amide bonds. The van der Waals surface area contributed by atoms with Crippen LogP contribution in [0.25, 0.3) is 0 Å². The number of benzene rings is 1. The third kappa shape index (κ3) is 3.93. The van der Waals surface area contributed by atoms with Crippen LogP contribution in [0.3, 0.4) is 0 Å². The summed E-state index contributed by atoms with van der Waals surface area (Å²) in [5, 5.41) is 2.95. The van der Waals surface area contributed by atoms with Crippen molar-refractivity contribution in [2.75, 3.05) is 29.7 Å². The van der Waals surface area contributed by atoms with Gasteiger partial charge in [0.15, 0.2) is 0 Å². The molecule has 2 fully saturated rings. The van der Waals surface area contributed by atoms with E-state index in [1.807, 2.05) is 0 Å². The zero-order valence-electron chi connectivity index (χ0n) is 17.0. The van der Waals surface area contributed by atoms with Crippen molar-refractivity contribution in [1.29, 1.82) is 0 Å². The summed E-state index contributed by atoms with van der Waals surface area (Å²) in [5.74, 6) is -0.989. The molecule has 1 aromatic rings. The Morgan fingerprint density at radius 3 is 2.43 bits per heavy atom. The number of amides is 2. The van der Waals surface area contributed by atoms with Crippen LogP contribution in [-0.4, -0.2) is 56.1 Å². The number of sulfonamides is 1. The van der Waals surface area contributed by atoms with Crippen LogP contribution in [0.5, 0.6) is 0 Å². The Bertz CT molecular complexity index is 886.